The molecule has 174 valence electrons. The molecular weight excluding hydrogens is 450 g/mol. The van der Waals surface area contributed by atoms with Crippen molar-refractivity contribution < 1.29 is 9.53 Å². The average Bonchev–Trinajstić information content (AvgIpc) is 3.56. The minimum Gasteiger partial charge on any atom is -0.494 e. The maximum Gasteiger partial charge on any atom is 0.250 e. The second-order valence-corrected chi connectivity index (χ2v) is 8.73. The van der Waals surface area contributed by atoms with Gasteiger partial charge in [-0.3, -0.25) is 4.79 Å². The highest BCUT2D eigenvalue weighted by Gasteiger charge is 2.25. The third-order valence-corrected chi connectivity index (χ3v) is 6.61. The summed E-state index contributed by atoms with van der Waals surface area (Å²) >= 11 is 1.55. The number of carbonyl (C=O) groups excluding carboxylic acids is 1. The summed E-state index contributed by atoms with van der Waals surface area (Å²) in [5, 5.41) is 15.1. The van der Waals surface area contributed by atoms with Crippen LogP contribution < -0.4 is 9.64 Å². The van der Waals surface area contributed by atoms with Gasteiger partial charge in [-0.25, -0.2) is 4.98 Å². The lowest BCUT2D eigenvalue weighted by Crippen LogP contribution is -2.50. The van der Waals surface area contributed by atoms with Crippen molar-refractivity contribution in [2.75, 3.05) is 37.7 Å². The number of rotatable bonds is 7. The third kappa shape index (κ3) is 4.76. The summed E-state index contributed by atoms with van der Waals surface area (Å²) in [7, 11) is 0. The largest absolute Gasteiger partial charge is 0.494 e. The van der Waals surface area contributed by atoms with Gasteiger partial charge in [-0.1, -0.05) is 23.3 Å². The summed E-state index contributed by atoms with van der Waals surface area (Å²) < 4.78 is 7.23. The molecule has 1 aliphatic rings. The summed E-state index contributed by atoms with van der Waals surface area (Å²) in [6, 6.07) is 17.7. The van der Waals surface area contributed by atoms with E-state index >= 15 is 0 Å². The van der Waals surface area contributed by atoms with Crippen LogP contribution >= 0.6 is 11.3 Å². The highest BCUT2D eigenvalue weighted by Crippen LogP contribution is 2.26. The van der Waals surface area contributed by atoms with Gasteiger partial charge in [-0.05, 0) is 53.7 Å². The zero-order valence-corrected chi connectivity index (χ0v) is 19.7. The summed E-state index contributed by atoms with van der Waals surface area (Å²) in [6.45, 7) is 5.20. The normalized spacial score (nSPS) is 13.8. The number of thiazole rings is 1. The Kier molecular flexibility index (Phi) is 6.48. The second kappa shape index (κ2) is 10.0. The smallest absolute Gasteiger partial charge is 0.250 e. The molecule has 3 heterocycles. The van der Waals surface area contributed by atoms with Gasteiger partial charge < -0.3 is 14.5 Å². The first-order valence-electron chi connectivity index (χ1n) is 11.3. The maximum atomic E-state index is 12.9. The molecule has 1 saturated heterocycles. The van der Waals surface area contributed by atoms with Gasteiger partial charge >= 0.3 is 0 Å². The molecule has 0 N–H and O–H groups in total. The van der Waals surface area contributed by atoms with E-state index in [9.17, 15) is 4.79 Å². The number of hydrogen-bond donors (Lipinski definition) is 0. The van der Waals surface area contributed by atoms with Crippen LogP contribution in [0.5, 0.6) is 5.75 Å². The Morgan fingerprint density at radius 1 is 1.03 bits per heavy atom. The molecule has 0 atom stereocenters. The average molecular weight is 476 g/mol. The molecule has 0 unspecified atom stereocenters. The number of amides is 1. The van der Waals surface area contributed by atoms with E-state index in [0.29, 0.717) is 45.2 Å². The first-order valence-corrected chi connectivity index (χ1v) is 12.1. The van der Waals surface area contributed by atoms with Gasteiger partial charge in [0, 0.05) is 37.1 Å². The van der Waals surface area contributed by atoms with Crippen molar-refractivity contribution in [3.8, 4) is 22.0 Å². The molecule has 0 spiro atoms. The number of tetrazole rings is 1. The summed E-state index contributed by atoms with van der Waals surface area (Å²) in [6.07, 6.45) is 0.301. The number of benzene rings is 2. The first-order chi connectivity index (χ1) is 16.7. The van der Waals surface area contributed by atoms with Gasteiger partial charge in [-0.15, -0.1) is 11.3 Å². The van der Waals surface area contributed by atoms with E-state index in [1.807, 2.05) is 71.8 Å². The fourth-order valence-corrected chi connectivity index (χ4v) is 4.75. The third-order valence-electron chi connectivity index (χ3n) is 5.67. The first kappa shape index (κ1) is 22.0. The van der Waals surface area contributed by atoms with Gasteiger partial charge in [0.25, 0.3) is 0 Å². The van der Waals surface area contributed by atoms with E-state index in [2.05, 4.69) is 25.4 Å². The fraction of sp³-hybridized carbons (Fsp3) is 0.292. The zero-order chi connectivity index (χ0) is 23.3. The molecule has 4 aromatic rings. The van der Waals surface area contributed by atoms with Gasteiger partial charge in [0.1, 0.15) is 10.8 Å². The lowest BCUT2D eigenvalue weighted by molar-refractivity contribution is -0.130. The number of aromatic nitrogens is 5. The highest BCUT2D eigenvalue weighted by molar-refractivity contribution is 7.13. The molecule has 1 amide bonds. The van der Waals surface area contributed by atoms with Crippen molar-refractivity contribution in [3.05, 3.63) is 65.7 Å². The highest BCUT2D eigenvalue weighted by atomic mass is 32.1. The van der Waals surface area contributed by atoms with Crippen molar-refractivity contribution in [3.63, 3.8) is 0 Å². The lowest BCUT2D eigenvalue weighted by atomic mass is 10.2. The minimum absolute atomic E-state index is 0.0887. The van der Waals surface area contributed by atoms with Crippen LogP contribution in [0, 0.1) is 0 Å². The molecule has 2 aromatic carbocycles. The number of piperazine rings is 1. The minimum atomic E-state index is 0.0887. The van der Waals surface area contributed by atoms with E-state index in [1.54, 1.807) is 16.0 Å². The molecule has 1 fully saturated rings. The Hall–Kier alpha value is -3.79. The van der Waals surface area contributed by atoms with Crippen LogP contribution in [-0.4, -0.2) is 68.8 Å². The monoisotopic (exact) mass is 475 g/mol. The molecule has 9 nitrogen and oxygen atoms in total. The van der Waals surface area contributed by atoms with Crippen molar-refractivity contribution in [2.45, 2.75) is 13.3 Å². The van der Waals surface area contributed by atoms with E-state index in [1.165, 1.54) is 0 Å². The van der Waals surface area contributed by atoms with Crippen molar-refractivity contribution in [2.24, 2.45) is 0 Å². The van der Waals surface area contributed by atoms with Crippen molar-refractivity contribution >= 4 is 23.2 Å². The lowest BCUT2D eigenvalue weighted by Gasteiger charge is -2.34. The predicted molar refractivity (Wildman–Crippen MR) is 130 cm³/mol. The molecule has 5 rings (SSSR count). The van der Waals surface area contributed by atoms with Gasteiger partial charge in [0.05, 0.1) is 24.4 Å². The van der Waals surface area contributed by atoms with E-state index in [-0.39, 0.29) is 5.91 Å². The zero-order valence-electron chi connectivity index (χ0n) is 18.9. The Morgan fingerprint density at radius 3 is 2.53 bits per heavy atom. The number of ether oxygens (including phenoxy) is 1. The van der Waals surface area contributed by atoms with E-state index < -0.39 is 0 Å². The van der Waals surface area contributed by atoms with E-state index in [4.69, 9.17) is 4.74 Å². The quantitative estimate of drug-likeness (QED) is 0.406. The van der Waals surface area contributed by atoms with Crippen LogP contribution in [0.25, 0.3) is 16.3 Å². The molecule has 34 heavy (non-hydrogen) atoms. The number of nitrogens with zero attached hydrogens (tertiary/aromatic N) is 7. The molecule has 0 bridgehead atoms. The van der Waals surface area contributed by atoms with Crippen molar-refractivity contribution in [1.29, 1.82) is 0 Å². The fourth-order valence-electron chi connectivity index (χ4n) is 3.92. The number of hydrogen-bond acceptors (Lipinski definition) is 8. The van der Waals surface area contributed by atoms with Crippen molar-refractivity contribution in [1.82, 2.24) is 30.1 Å². The molecule has 2 aromatic heterocycles. The number of anilines is 1. The Bertz CT molecular complexity index is 1230. The predicted octanol–water partition coefficient (Wildman–Crippen LogP) is 3.08. The summed E-state index contributed by atoms with van der Waals surface area (Å²) in [4.78, 5) is 21.6. The van der Waals surface area contributed by atoms with Crippen LogP contribution in [-0.2, 0) is 11.2 Å². The van der Waals surface area contributed by atoms with Crippen LogP contribution in [0.15, 0.2) is 60.0 Å². The standard InChI is InChI=1S/C24H25N7O2S/c1-2-33-21-10-8-18(9-11-21)23-25-19(17-34-23)16-22(32)29-12-14-30(15-13-29)24-26-27-28-31(24)20-6-4-3-5-7-20/h3-11,17H,2,12-16H2,1H3. The Morgan fingerprint density at radius 2 is 1.79 bits per heavy atom. The molecule has 0 radical (unpaired) electrons. The van der Waals surface area contributed by atoms with Crippen LogP contribution in [0.3, 0.4) is 0 Å². The topological polar surface area (TPSA) is 89.3 Å². The Labute approximate surface area is 201 Å². The Balaban J connectivity index is 1.18. The number of carbonyl (C=O) groups is 1. The van der Waals surface area contributed by atoms with Gasteiger partial charge in [0.15, 0.2) is 0 Å². The summed E-state index contributed by atoms with van der Waals surface area (Å²) in [5.74, 6) is 1.62. The molecule has 0 aliphatic carbocycles. The molecule has 10 heteroatoms. The maximum absolute atomic E-state index is 12.9. The molecule has 1 aliphatic heterocycles. The molecule has 0 saturated carbocycles. The SMILES string of the molecule is CCOc1ccc(-c2nc(CC(=O)N3CCN(c4nnnn4-c4ccccc4)CC3)cs2)cc1. The van der Waals surface area contributed by atoms with Gasteiger partial charge in [-0.2, -0.15) is 4.68 Å². The van der Waals surface area contributed by atoms with Crippen LogP contribution in [0.4, 0.5) is 5.95 Å². The summed E-state index contributed by atoms with van der Waals surface area (Å²) in [5.41, 5.74) is 2.74. The van der Waals surface area contributed by atoms with Gasteiger partial charge in [0.2, 0.25) is 11.9 Å². The second-order valence-electron chi connectivity index (χ2n) is 7.87. The van der Waals surface area contributed by atoms with Crippen LogP contribution in [0.2, 0.25) is 0 Å². The molecular formula is C24H25N7O2S. The van der Waals surface area contributed by atoms with Crippen LogP contribution in [0.1, 0.15) is 12.6 Å². The number of para-hydroxylation sites is 1. The van der Waals surface area contributed by atoms with E-state index in [0.717, 1.165) is 27.7 Å².